The summed E-state index contributed by atoms with van der Waals surface area (Å²) in [6.07, 6.45) is 1.16. The first-order valence-electron chi connectivity index (χ1n) is 3.86. The van der Waals surface area contributed by atoms with Crippen LogP contribution in [0.3, 0.4) is 0 Å². The van der Waals surface area contributed by atoms with E-state index in [1.807, 2.05) is 0 Å². The van der Waals surface area contributed by atoms with Crippen molar-refractivity contribution in [3.05, 3.63) is 0 Å². The topological polar surface area (TPSA) is 41.1 Å². The van der Waals surface area contributed by atoms with Crippen LogP contribution in [0.5, 0.6) is 0 Å². The van der Waals surface area contributed by atoms with Crippen LogP contribution in [0.1, 0.15) is 6.42 Å². The molecule has 0 aromatic heterocycles. The Bertz CT molecular complexity index is 158. The molecule has 0 aliphatic carbocycles. The molecule has 2 aliphatic heterocycles. The fourth-order valence-corrected chi connectivity index (χ4v) is 1.86. The Kier molecular flexibility index (Phi) is 1.38. The van der Waals surface area contributed by atoms with Crippen molar-refractivity contribution in [1.29, 1.82) is 0 Å². The summed E-state index contributed by atoms with van der Waals surface area (Å²) in [7, 11) is 0. The highest BCUT2D eigenvalue weighted by atomic mass is 16.2. The first-order valence-corrected chi connectivity index (χ1v) is 3.86. The van der Waals surface area contributed by atoms with Crippen LogP contribution in [0.25, 0.3) is 0 Å². The molecule has 0 aromatic carbocycles. The van der Waals surface area contributed by atoms with Crippen molar-refractivity contribution in [1.82, 2.24) is 10.6 Å². The van der Waals surface area contributed by atoms with Crippen molar-refractivity contribution in [3.8, 4) is 0 Å². The molecule has 3 heteroatoms. The highest BCUT2D eigenvalue weighted by molar-refractivity contribution is 5.80. The van der Waals surface area contributed by atoms with Crippen molar-refractivity contribution in [2.45, 2.75) is 6.42 Å². The van der Waals surface area contributed by atoms with Gasteiger partial charge in [-0.1, -0.05) is 0 Å². The molecule has 56 valence electrons. The average Bonchev–Trinajstić information content (AvgIpc) is 2.36. The first-order chi connectivity index (χ1) is 4.88. The van der Waals surface area contributed by atoms with Gasteiger partial charge in [0.2, 0.25) is 5.91 Å². The summed E-state index contributed by atoms with van der Waals surface area (Å²) >= 11 is 0. The molecule has 2 rings (SSSR count). The second-order valence-electron chi connectivity index (χ2n) is 3.10. The second-order valence-corrected chi connectivity index (χ2v) is 3.10. The molecule has 0 saturated carbocycles. The number of amides is 1. The summed E-state index contributed by atoms with van der Waals surface area (Å²) in [5.41, 5.74) is 0. The van der Waals surface area contributed by atoms with E-state index in [1.165, 1.54) is 0 Å². The van der Waals surface area contributed by atoms with Crippen LogP contribution in [-0.2, 0) is 4.79 Å². The summed E-state index contributed by atoms with van der Waals surface area (Å²) in [4.78, 5) is 11.1. The van der Waals surface area contributed by atoms with E-state index in [1.54, 1.807) is 0 Å². The number of rotatable bonds is 0. The fraction of sp³-hybridized carbons (Fsp3) is 0.857. The molecule has 2 aliphatic rings. The molecule has 2 saturated heterocycles. The van der Waals surface area contributed by atoms with Gasteiger partial charge in [-0.3, -0.25) is 4.79 Å². The molecule has 3 nitrogen and oxygen atoms in total. The van der Waals surface area contributed by atoms with Gasteiger partial charge in [-0.05, 0) is 18.9 Å². The van der Waals surface area contributed by atoms with Gasteiger partial charge in [0.05, 0.1) is 5.92 Å². The Morgan fingerprint density at radius 3 is 3.10 bits per heavy atom. The fourth-order valence-electron chi connectivity index (χ4n) is 1.86. The highest BCUT2D eigenvalue weighted by Gasteiger charge is 2.35. The molecule has 0 bridgehead atoms. The van der Waals surface area contributed by atoms with E-state index >= 15 is 0 Å². The number of hydrogen-bond donors (Lipinski definition) is 2. The summed E-state index contributed by atoms with van der Waals surface area (Å²) in [5.74, 6) is 1.14. The maximum absolute atomic E-state index is 11.1. The Morgan fingerprint density at radius 2 is 2.30 bits per heavy atom. The van der Waals surface area contributed by atoms with Gasteiger partial charge < -0.3 is 10.6 Å². The Labute approximate surface area is 60.2 Å². The SMILES string of the molecule is O=C1NCC[C@H]2CNC[C@@H]12. The van der Waals surface area contributed by atoms with Crippen molar-refractivity contribution in [2.24, 2.45) is 11.8 Å². The van der Waals surface area contributed by atoms with Crippen LogP contribution in [0.15, 0.2) is 0 Å². The van der Waals surface area contributed by atoms with Gasteiger partial charge in [-0.15, -0.1) is 0 Å². The normalized spacial score (nSPS) is 39.0. The van der Waals surface area contributed by atoms with Gasteiger partial charge in [-0.25, -0.2) is 0 Å². The maximum atomic E-state index is 11.1. The first kappa shape index (κ1) is 6.16. The molecular weight excluding hydrogens is 128 g/mol. The third-order valence-corrected chi connectivity index (χ3v) is 2.49. The molecule has 2 atom stereocenters. The lowest BCUT2D eigenvalue weighted by Crippen LogP contribution is -2.41. The van der Waals surface area contributed by atoms with Crippen molar-refractivity contribution >= 4 is 5.91 Å². The predicted octanol–water partition coefficient (Wildman–Crippen LogP) is -0.658. The number of nitrogens with one attached hydrogen (secondary N) is 2. The van der Waals surface area contributed by atoms with Crippen LogP contribution < -0.4 is 10.6 Å². The highest BCUT2D eigenvalue weighted by Crippen LogP contribution is 2.22. The molecule has 0 radical (unpaired) electrons. The Morgan fingerprint density at radius 1 is 1.40 bits per heavy atom. The summed E-state index contributed by atoms with van der Waals surface area (Å²) in [5, 5.41) is 6.11. The summed E-state index contributed by atoms with van der Waals surface area (Å²) in [6, 6.07) is 0. The zero-order chi connectivity index (χ0) is 6.97. The van der Waals surface area contributed by atoms with Crippen LogP contribution in [0, 0.1) is 11.8 Å². The zero-order valence-electron chi connectivity index (χ0n) is 5.89. The number of fused-ring (bicyclic) bond motifs is 1. The standard InChI is InChI=1S/C7H12N2O/c10-7-6-4-8-3-5(6)1-2-9-7/h5-6,8H,1-4H2,(H,9,10)/t5-,6+/m0/s1. The molecule has 2 heterocycles. The monoisotopic (exact) mass is 140 g/mol. The number of carbonyl (C=O) groups excluding carboxylic acids is 1. The van der Waals surface area contributed by atoms with E-state index in [0.717, 1.165) is 26.1 Å². The molecular formula is C7H12N2O. The van der Waals surface area contributed by atoms with E-state index in [2.05, 4.69) is 10.6 Å². The molecule has 2 N–H and O–H groups in total. The van der Waals surface area contributed by atoms with Crippen LogP contribution >= 0.6 is 0 Å². The lowest BCUT2D eigenvalue weighted by Gasteiger charge is -2.23. The molecule has 0 spiro atoms. The quantitative estimate of drug-likeness (QED) is 0.469. The minimum absolute atomic E-state index is 0.251. The maximum Gasteiger partial charge on any atom is 0.224 e. The van der Waals surface area contributed by atoms with E-state index in [9.17, 15) is 4.79 Å². The van der Waals surface area contributed by atoms with E-state index in [4.69, 9.17) is 0 Å². The summed E-state index contributed by atoms with van der Waals surface area (Å²) in [6.45, 7) is 2.80. The minimum atomic E-state index is 0.251. The van der Waals surface area contributed by atoms with E-state index in [-0.39, 0.29) is 11.8 Å². The molecule has 2 fully saturated rings. The van der Waals surface area contributed by atoms with Gasteiger partial charge >= 0.3 is 0 Å². The molecule has 1 amide bonds. The number of piperidine rings is 1. The lowest BCUT2D eigenvalue weighted by atomic mass is 9.89. The second kappa shape index (κ2) is 2.23. The third-order valence-electron chi connectivity index (χ3n) is 2.49. The van der Waals surface area contributed by atoms with Crippen LogP contribution in [0.4, 0.5) is 0 Å². The van der Waals surface area contributed by atoms with Crippen LogP contribution in [-0.4, -0.2) is 25.5 Å². The van der Waals surface area contributed by atoms with Gasteiger partial charge in [0, 0.05) is 13.1 Å². The van der Waals surface area contributed by atoms with Crippen molar-refractivity contribution in [2.75, 3.05) is 19.6 Å². The average molecular weight is 140 g/mol. The Hall–Kier alpha value is -0.570. The smallest absolute Gasteiger partial charge is 0.224 e. The van der Waals surface area contributed by atoms with Crippen molar-refractivity contribution < 1.29 is 4.79 Å². The van der Waals surface area contributed by atoms with Crippen molar-refractivity contribution in [3.63, 3.8) is 0 Å². The zero-order valence-corrected chi connectivity index (χ0v) is 5.89. The molecule has 10 heavy (non-hydrogen) atoms. The van der Waals surface area contributed by atoms with Gasteiger partial charge in [0.25, 0.3) is 0 Å². The van der Waals surface area contributed by atoms with Gasteiger partial charge in [-0.2, -0.15) is 0 Å². The van der Waals surface area contributed by atoms with Gasteiger partial charge in [0.15, 0.2) is 0 Å². The third kappa shape index (κ3) is 0.814. The van der Waals surface area contributed by atoms with E-state index in [0.29, 0.717) is 5.92 Å². The minimum Gasteiger partial charge on any atom is -0.356 e. The summed E-state index contributed by atoms with van der Waals surface area (Å²) < 4.78 is 0. The lowest BCUT2D eigenvalue weighted by molar-refractivity contribution is -0.127. The predicted molar refractivity (Wildman–Crippen MR) is 37.5 cm³/mol. The number of carbonyl (C=O) groups is 1. The molecule has 0 unspecified atom stereocenters. The Balaban J connectivity index is 2.10. The molecule has 0 aromatic rings. The van der Waals surface area contributed by atoms with E-state index < -0.39 is 0 Å². The largest absolute Gasteiger partial charge is 0.356 e. The van der Waals surface area contributed by atoms with Crippen LogP contribution in [0.2, 0.25) is 0 Å². The number of hydrogen-bond acceptors (Lipinski definition) is 2. The van der Waals surface area contributed by atoms with Gasteiger partial charge in [0.1, 0.15) is 0 Å².